The number of rotatable bonds is 2. The van der Waals surface area contributed by atoms with Crippen LogP contribution in [0.25, 0.3) is 22.4 Å². The van der Waals surface area contributed by atoms with Gasteiger partial charge in [0, 0.05) is 28.6 Å². The largest absolute Gasteiger partial charge is 0.333 e. The molecule has 4 aromatic rings. The van der Waals surface area contributed by atoms with Crippen LogP contribution in [0.4, 0.5) is 5.69 Å². The van der Waals surface area contributed by atoms with E-state index in [2.05, 4.69) is 140 Å². The Bertz CT molecular complexity index is 1950. The number of nitrogens with zero attached hydrogens (tertiary/aromatic N) is 1. The first kappa shape index (κ1) is 24.3. The van der Waals surface area contributed by atoms with E-state index in [1.54, 1.807) is 11.1 Å². The molecule has 1 nitrogen and oxygen atoms in total. The molecule has 204 valence electrons. The van der Waals surface area contributed by atoms with E-state index in [-0.39, 0.29) is 5.41 Å². The molecular formula is C41H35N. The van der Waals surface area contributed by atoms with Gasteiger partial charge in [0.05, 0.1) is 6.04 Å². The highest BCUT2D eigenvalue weighted by Crippen LogP contribution is 2.58. The molecule has 3 atom stereocenters. The van der Waals surface area contributed by atoms with Gasteiger partial charge in [-0.05, 0) is 92.8 Å². The predicted octanol–water partition coefficient (Wildman–Crippen LogP) is 9.92. The van der Waals surface area contributed by atoms with Crippen LogP contribution >= 0.6 is 0 Å². The molecule has 4 aromatic carbocycles. The Morgan fingerprint density at radius 1 is 0.833 bits per heavy atom. The summed E-state index contributed by atoms with van der Waals surface area (Å²) in [5.41, 5.74) is 14.5. The van der Waals surface area contributed by atoms with Crippen molar-refractivity contribution in [1.29, 1.82) is 0 Å². The van der Waals surface area contributed by atoms with Gasteiger partial charge >= 0.3 is 0 Å². The molecular weight excluding hydrogens is 506 g/mol. The summed E-state index contributed by atoms with van der Waals surface area (Å²) in [4.78, 5) is 2.69. The van der Waals surface area contributed by atoms with Gasteiger partial charge in [0.15, 0.2) is 0 Å². The summed E-state index contributed by atoms with van der Waals surface area (Å²) < 4.78 is 0. The molecule has 3 aliphatic carbocycles. The maximum atomic E-state index is 2.69. The van der Waals surface area contributed by atoms with Crippen LogP contribution in [0.15, 0.2) is 132 Å². The summed E-state index contributed by atoms with van der Waals surface area (Å²) in [5, 5.41) is 2.64. The number of benzene rings is 4. The lowest BCUT2D eigenvalue weighted by atomic mass is 9.62. The lowest BCUT2D eigenvalue weighted by molar-refractivity contribution is 0.329. The Hall–Kier alpha value is -4.36. The normalized spacial score (nSPS) is 24.5. The summed E-state index contributed by atoms with van der Waals surface area (Å²) in [6.45, 7) is 4.93. The van der Waals surface area contributed by atoms with E-state index in [0.29, 0.717) is 17.9 Å². The third kappa shape index (κ3) is 3.31. The minimum Gasteiger partial charge on any atom is -0.333 e. The predicted molar refractivity (Wildman–Crippen MR) is 177 cm³/mol. The summed E-state index contributed by atoms with van der Waals surface area (Å²) >= 11 is 0. The number of anilines is 1. The van der Waals surface area contributed by atoms with Crippen LogP contribution in [-0.2, 0) is 11.8 Å². The molecule has 0 fully saturated rings. The van der Waals surface area contributed by atoms with Crippen molar-refractivity contribution in [3.8, 4) is 0 Å². The Labute approximate surface area is 248 Å². The number of para-hydroxylation sites is 1. The van der Waals surface area contributed by atoms with E-state index in [4.69, 9.17) is 0 Å². The second kappa shape index (κ2) is 8.82. The molecule has 2 aliphatic heterocycles. The SMILES string of the molecule is CC1(C)c2ccccc2N2C3=C(CC(c4cccc5c4CCC=C5)C=C3)C3=CC(c4cccc5ccccc45)=CC1C32. The molecule has 5 aliphatic rings. The average Bonchev–Trinajstić information content (AvgIpc) is 3.37. The van der Waals surface area contributed by atoms with Crippen molar-refractivity contribution in [3.63, 3.8) is 0 Å². The molecule has 0 saturated carbocycles. The monoisotopic (exact) mass is 541 g/mol. The van der Waals surface area contributed by atoms with Gasteiger partial charge in [-0.2, -0.15) is 0 Å². The molecule has 0 bridgehead atoms. The van der Waals surface area contributed by atoms with Gasteiger partial charge in [0.2, 0.25) is 0 Å². The molecule has 0 N–H and O–H groups in total. The van der Waals surface area contributed by atoms with Gasteiger partial charge in [-0.1, -0.05) is 117 Å². The van der Waals surface area contributed by atoms with Gasteiger partial charge in [-0.25, -0.2) is 0 Å². The molecule has 42 heavy (non-hydrogen) atoms. The van der Waals surface area contributed by atoms with Crippen molar-refractivity contribution in [2.45, 2.75) is 50.5 Å². The van der Waals surface area contributed by atoms with Crippen molar-refractivity contribution in [2.24, 2.45) is 5.92 Å². The van der Waals surface area contributed by atoms with Crippen molar-refractivity contribution in [2.75, 3.05) is 4.90 Å². The summed E-state index contributed by atoms with van der Waals surface area (Å²) in [6, 6.07) is 32.1. The molecule has 0 amide bonds. The van der Waals surface area contributed by atoms with E-state index in [0.717, 1.165) is 19.3 Å². The van der Waals surface area contributed by atoms with E-state index in [9.17, 15) is 0 Å². The Kier molecular flexibility index (Phi) is 5.09. The molecule has 0 saturated heterocycles. The van der Waals surface area contributed by atoms with E-state index < -0.39 is 0 Å². The lowest BCUT2D eigenvalue weighted by Crippen LogP contribution is -2.50. The standard InChI is InChI=1S/C41H35N/c1-41(2)36-19-7-8-20-39(36)42-38-22-21-28(32-17-9-13-26-11-3-5-15-30(26)32)23-34(38)35-24-29(25-37(41)40(35)42)33-18-10-14-27-12-4-6-16-31(27)33/h3-4,6-14,16-22,24-25,28,37,40H,5,15,23H2,1-2H3. The third-order valence-corrected chi connectivity index (χ3v) is 10.7. The van der Waals surface area contributed by atoms with Gasteiger partial charge in [-0.15, -0.1) is 0 Å². The van der Waals surface area contributed by atoms with Gasteiger partial charge < -0.3 is 4.90 Å². The molecule has 0 aromatic heterocycles. The van der Waals surface area contributed by atoms with Crippen LogP contribution in [0.2, 0.25) is 0 Å². The Balaban J connectivity index is 1.24. The summed E-state index contributed by atoms with van der Waals surface area (Å²) in [7, 11) is 0. The number of fused-ring (bicyclic) bond motifs is 6. The minimum absolute atomic E-state index is 0.00959. The first-order valence-corrected chi connectivity index (χ1v) is 15.6. The minimum atomic E-state index is 0.00959. The molecule has 0 radical (unpaired) electrons. The summed E-state index contributed by atoms with van der Waals surface area (Å²) in [6.07, 6.45) is 18.1. The first-order chi connectivity index (χ1) is 20.6. The zero-order valence-corrected chi connectivity index (χ0v) is 24.3. The number of allylic oxidation sites excluding steroid dienone is 5. The van der Waals surface area contributed by atoms with Gasteiger partial charge in [-0.3, -0.25) is 0 Å². The number of hydrogen-bond acceptors (Lipinski definition) is 1. The average molecular weight is 542 g/mol. The first-order valence-electron chi connectivity index (χ1n) is 15.6. The lowest BCUT2D eigenvalue weighted by Gasteiger charge is -2.50. The highest BCUT2D eigenvalue weighted by atomic mass is 15.2. The fraction of sp³-hybridized carbons (Fsp3) is 0.220. The van der Waals surface area contributed by atoms with E-state index >= 15 is 0 Å². The van der Waals surface area contributed by atoms with Crippen LogP contribution in [0.5, 0.6) is 0 Å². The molecule has 9 rings (SSSR count). The molecule has 3 unspecified atom stereocenters. The van der Waals surface area contributed by atoms with Crippen molar-refractivity contribution in [3.05, 3.63) is 160 Å². The van der Waals surface area contributed by atoms with Crippen LogP contribution in [-0.4, -0.2) is 6.04 Å². The molecule has 0 spiro atoms. The van der Waals surface area contributed by atoms with Crippen molar-refractivity contribution < 1.29 is 0 Å². The third-order valence-electron chi connectivity index (χ3n) is 10.7. The Morgan fingerprint density at radius 3 is 2.62 bits per heavy atom. The van der Waals surface area contributed by atoms with Crippen LogP contribution in [0.3, 0.4) is 0 Å². The maximum absolute atomic E-state index is 2.69. The quantitative estimate of drug-likeness (QED) is 0.244. The van der Waals surface area contributed by atoms with Gasteiger partial charge in [0.1, 0.15) is 0 Å². The number of hydrogen-bond donors (Lipinski definition) is 0. The highest BCUT2D eigenvalue weighted by Gasteiger charge is 2.52. The highest BCUT2D eigenvalue weighted by molar-refractivity contribution is 5.97. The second-order valence-electron chi connectivity index (χ2n) is 13.2. The molecule has 1 heteroatoms. The smallest absolute Gasteiger partial charge is 0.0666 e. The van der Waals surface area contributed by atoms with Gasteiger partial charge in [0.25, 0.3) is 0 Å². The van der Waals surface area contributed by atoms with E-state index in [1.807, 2.05) is 0 Å². The van der Waals surface area contributed by atoms with Crippen LogP contribution in [0.1, 0.15) is 60.4 Å². The fourth-order valence-corrected chi connectivity index (χ4v) is 8.69. The van der Waals surface area contributed by atoms with E-state index in [1.165, 1.54) is 55.6 Å². The summed E-state index contributed by atoms with van der Waals surface area (Å²) in [5.74, 6) is 0.773. The zero-order valence-electron chi connectivity index (χ0n) is 24.3. The van der Waals surface area contributed by atoms with Crippen LogP contribution < -0.4 is 4.90 Å². The fourth-order valence-electron chi connectivity index (χ4n) is 8.69. The topological polar surface area (TPSA) is 3.24 Å². The zero-order chi connectivity index (χ0) is 28.0. The van der Waals surface area contributed by atoms with Crippen LogP contribution in [0, 0.1) is 5.92 Å². The Morgan fingerprint density at radius 2 is 1.67 bits per heavy atom. The second-order valence-corrected chi connectivity index (χ2v) is 13.2. The molecule has 2 heterocycles. The maximum Gasteiger partial charge on any atom is 0.0666 e. The van der Waals surface area contributed by atoms with Crippen molar-refractivity contribution >= 4 is 28.1 Å². The van der Waals surface area contributed by atoms with Crippen molar-refractivity contribution in [1.82, 2.24) is 0 Å².